The molecule has 34 heavy (non-hydrogen) atoms. The van der Waals surface area contributed by atoms with Crippen molar-refractivity contribution in [3.8, 4) is 0 Å². The summed E-state index contributed by atoms with van der Waals surface area (Å²) in [5.41, 5.74) is 7.51. The summed E-state index contributed by atoms with van der Waals surface area (Å²) in [6.45, 7) is 3.66. The lowest BCUT2D eigenvalue weighted by atomic mass is 9.95. The van der Waals surface area contributed by atoms with Crippen LogP contribution in [0.3, 0.4) is 0 Å². The van der Waals surface area contributed by atoms with Crippen LogP contribution in [0.5, 0.6) is 0 Å². The molecule has 176 valence electrons. The molecule has 10 heteroatoms. The minimum Gasteiger partial charge on any atom is -0.419 e. The molecule has 0 spiro atoms. The molecule has 3 unspecified atom stereocenters. The molecular weight excluding hydrogens is 458 g/mol. The fraction of sp³-hybridized carbons (Fsp3) is 0.333. The smallest absolute Gasteiger partial charge is 0.342 e. The van der Waals surface area contributed by atoms with Crippen molar-refractivity contribution in [1.82, 2.24) is 10.2 Å². The van der Waals surface area contributed by atoms with Gasteiger partial charge >= 0.3 is 11.9 Å². The van der Waals surface area contributed by atoms with E-state index in [1.54, 1.807) is 48.5 Å². The van der Waals surface area contributed by atoms with Crippen molar-refractivity contribution in [3.63, 3.8) is 0 Å². The zero-order valence-corrected chi connectivity index (χ0v) is 19.3. The Hall–Kier alpha value is -3.37. The van der Waals surface area contributed by atoms with E-state index < -0.39 is 52.4 Å². The van der Waals surface area contributed by atoms with E-state index in [9.17, 15) is 19.2 Å². The summed E-state index contributed by atoms with van der Waals surface area (Å²) in [5.74, 6) is -2.09. The maximum atomic E-state index is 13.2. The Bertz CT molecular complexity index is 1190. The first-order valence-electron chi connectivity index (χ1n) is 10.8. The van der Waals surface area contributed by atoms with Gasteiger partial charge in [0.05, 0.1) is 5.56 Å². The molecule has 0 saturated carbocycles. The van der Waals surface area contributed by atoms with Gasteiger partial charge in [-0.25, -0.2) is 9.59 Å². The molecule has 5 rings (SSSR count). The lowest BCUT2D eigenvalue weighted by molar-refractivity contribution is -0.180. The summed E-state index contributed by atoms with van der Waals surface area (Å²) >= 11 is 1.40. The van der Waals surface area contributed by atoms with Crippen LogP contribution in [-0.2, 0) is 23.9 Å². The highest BCUT2D eigenvalue weighted by Gasteiger charge is 2.65. The maximum absolute atomic E-state index is 13.2. The number of hydrogen-bond acceptors (Lipinski definition) is 8. The second-order valence-electron chi connectivity index (χ2n) is 8.90. The van der Waals surface area contributed by atoms with Gasteiger partial charge in [-0.3, -0.25) is 9.59 Å². The van der Waals surface area contributed by atoms with Gasteiger partial charge in [-0.2, -0.15) is 0 Å². The number of esters is 2. The number of rotatable bonds is 5. The molecule has 2 fully saturated rings. The van der Waals surface area contributed by atoms with E-state index in [-0.39, 0.29) is 5.91 Å². The SMILES string of the molecule is CC1(C)S[C@@H]2[C@H](NC(=O)C(N)c3ccccc3)C(=O)N2C1C(=O)OC1OC(=O)c2ccccc21. The van der Waals surface area contributed by atoms with E-state index in [1.807, 2.05) is 19.9 Å². The van der Waals surface area contributed by atoms with Gasteiger partial charge in [-0.15, -0.1) is 11.8 Å². The van der Waals surface area contributed by atoms with Crippen molar-refractivity contribution in [2.24, 2.45) is 5.73 Å². The number of hydrogen-bond donors (Lipinski definition) is 2. The lowest BCUT2D eigenvalue weighted by Crippen LogP contribution is -2.71. The molecule has 2 saturated heterocycles. The number of nitrogens with one attached hydrogen (secondary N) is 1. The van der Waals surface area contributed by atoms with Crippen molar-refractivity contribution in [1.29, 1.82) is 0 Å². The molecule has 3 N–H and O–H groups in total. The van der Waals surface area contributed by atoms with Gasteiger partial charge in [0.25, 0.3) is 6.29 Å². The molecule has 5 atom stereocenters. The van der Waals surface area contributed by atoms with Gasteiger partial charge in [0.2, 0.25) is 11.8 Å². The van der Waals surface area contributed by atoms with Crippen LogP contribution in [0.4, 0.5) is 0 Å². The van der Waals surface area contributed by atoms with Gasteiger partial charge in [0.1, 0.15) is 23.5 Å². The van der Waals surface area contributed by atoms with Gasteiger partial charge in [-0.05, 0) is 25.5 Å². The monoisotopic (exact) mass is 481 g/mol. The Morgan fingerprint density at radius 2 is 1.79 bits per heavy atom. The summed E-state index contributed by atoms with van der Waals surface area (Å²) < 4.78 is 10.1. The number of amides is 2. The highest BCUT2D eigenvalue weighted by Crippen LogP contribution is 2.51. The first kappa shape index (κ1) is 22.4. The predicted octanol–water partition coefficient (Wildman–Crippen LogP) is 1.65. The normalized spacial score (nSPS) is 27.2. The molecule has 3 heterocycles. The summed E-state index contributed by atoms with van der Waals surface area (Å²) in [6.07, 6.45) is -1.16. The Kier molecular flexibility index (Phi) is 5.37. The maximum Gasteiger partial charge on any atom is 0.342 e. The Morgan fingerprint density at radius 3 is 2.53 bits per heavy atom. The number of cyclic esters (lactones) is 1. The van der Waals surface area contributed by atoms with Gasteiger partial charge in [0, 0.05) is 10.3 Å². The number of thioether (sulfide) groups is 1. The highest BCUT2D eigenvalue weighted by molar-refractivity contribution is 8.01. The third-order valence-electron chi connectivity index (χ3n) is 6.28. The Balaban J connectivity index is 1.28. The van der Waals surface area contributed by atoms with Crippen LogP contribution in [0.2, 0.25) is 0 Å². The second-order valence-corrected chi connectivity index (χ2v) is 10.7. The van der Waals surface area contributed by atoms with Crippen LogP contribution in [0.1, 0.15) is 47.7 Å². The summed E-state index contributed by atoms with van der Waals surface area (Å²) in [4.78, 5) is 52.3. The van der Waals surface area contributed by atoms with Crippen molar-refractivity contribution in [2.45, 2.75) is 48.4 Å². The first-order valence-corrected chi connectivity index (χ1v) is 11.7. The second kappa shape index (κ2) is 8.14. The van der Waals surface area contributed by atoms with E-state index in [0.29, 0.717) is 16.7 Å². The van der Waals surface area contributed by atoms with E-state index in [0.717, 1.165) is 0 Å². The number of fused-ring (bicyclic) bond motifs is 2. The quantitative estimate of drug-likeness (QED) is 0.487. The van der Waals surface area contributed by atoms with Crippen LogP contribution < -0.4 is 11.1 Å². The van der Waals surface area contributed by atoms with Gasteiger partial charge < -0.3 is 25.4 Å². The number of carbonyl (C=O) groups is 4. The number of carbonyl (C=O) groups excluding carboxylic acids is 4. The van der Waals surface area contributed by atoms with Crippen LogP contribution >= 0.6 is 11.8 Å². The molecule has 3 aliphatic rings. The fourth-order valence-electron chi connectivity index (χ4n) is 4.55. The van der Waals surface area contributed by atoms with Crippen LogP contribution in [0.15, 0.2) is 54.6 Å². The topological polar surface area (TPSA) is 128 Å². The van der Waals surface area contributed by atoms with E-state index in [1.165, 1.54) is 16.7 Å². The Labute approximate surface area is 199 Å². The average molecular weight is 482 g/mol. The zero-order valence-electron chi connectivity index (χ0n) is 18.5. The van der Waals surface area contributed by atoms with Crippen molar-refractivity contribution in [2.75, 3.05) is 0 Å². The predicted molar refractivity (Wildman–Crippen MR) is 122 cm³/mol. The molecule has 0 aliphatic carbocycles. The fourth-order valence-corrected chi connectivity index (χ4v) is 6.17. The zero-order chi connectivity index (χ0) is 24.2. The van der Waals surface area contributed by atoms with Crippen LogP contribution in [-0.4, -0.2) is 50.9 Å². The third kappa shape index (κ3) is 3.54. The van der Waals surface area contributed by atoms with E-state index >= 15 is 0 Å². The summed E-state index contributed by atoms with van der Waals surface area (Å²) in [7, 11) is 0. The van der Waals surface area contributed by atoms with E-state index in [2.05, 4.69) is 5.32 Å². The molecule has 2 aromatic rings. The van der Waals surface area contributed by atoms with Gasteiger partial charge in [0.15, 0.2) is 0 Å². The van der Waals surface area contributed by atoms with Gasteiger partial charge in [-0.1, -0.05) is 48.5 Å². The van der Waals surface area contributed by atoms with Crippen molar-refractivity contribution >= 4 is 35.5 Å². The summed E-state index contributed by atoms with van der Waals surface area (Å²) in [5, 5.41) is 2.29. The highest BCUT2D eigenvalue weighted by atomic mass is 32.2. The molecule has 0 bridgehead atoms. The largest absolute Gasteiger partial charge is 0.419 e. The Morgan fingerprint density at radius 1 is 1.12 bits per heavy atom. The number of ether oxygens (including phenoxy) is 2. The third-order valence-corrected chi connectivity index (χ3v) is 7.85. The first-order chi connectivity index (χ1) is 16.2. The van der Waals surface area contributed by atoms with Crippen LogP contribution in [0.25, 0.3) is 0 Å². The van der Waals surface area contributed by atoms with E-state index in [4.69, 9.17) is 15.2 Å². The van der Waals surface area contributed by atoms with Crippen molar-refractivity contribution < 1.29 is 28.7 Å². The molecular formula is C24H23N3O6S. The molecule has 2 aromatic carbocycles. The molecule has 0 radical (unpaired) electrons. The average Bonchev–Trinajstić information content (AvgIpc) is 3.28. The number of nitrogens with two attached hydrogens (primary N) is 1. The minimum absolute atomic E-state index is 0.343. The summed E-state index contributed by atoms with van der Waals surface area (Å²) in [6, 6.07) is 12.9. The van der Waals surface area contributed by atoms with Crippen LogP contribution in [0, 0.1) is 0 Å². The standard InChI is InChI=1S/C24H23N3O6S/c1-24(2)17(22(31)33-23-14-11-7-6-10-13(14)21(30)32-23)27-19(29)16(20(27)34-24)26-18(28)15(25)12-8-4-3-5-9-12/h3-11,15-17,20,23H,25H2,1-2H3,(H,26,28)/t15?,16-,17?,20-,23?/m1/s1. The van der Waals surface area contributed by atoms with Crippen molar-refractivity contribution in [3.05, 3.63) is 71.3 Å². The molecule has 0 aromatic heterocycles. The molecule has 9 nitrogen and oxygen atoms in total. The number of β-lactam (4-membered cyclic amide) rings is 1. The lowest BCUT2D eigenvalue weighted by Gasteiger charge is -2.44. The number of benzene rings is 2. The molecule has 2 amide bonds. The minimum atomic E-state index is -1.16. The number of nitrogens with zero attached hydrogens (tertiary/aromatic N) is 1. The molecule has 3 aliphatic heterocycles.